The minimum Gasteiger partial charge on any atom is -0.493 e. The molecule has 0 saturated heterocycles. The average molecular weight is 205 g/mol. The zero-order valence-electron chi connectivity index (χ0n) is 8.40. The first-order chi connectivity index (χ1) is 7.27. The van der Waals surface area contributed by atoms with Crippen LogP contribution in [0.15, 0.2) is 24.3 Å². The van der Waals surface area contributed by atoms with Crippen molar-refractivity contribution in [3.8, 4) is 11.8 Å². The number of nitrogens with zero attached hydrogens (tertiary/aromatic N) is 1. The molecule has 0 aliphatic rings. The summed E-state index contributed by atoms with van der Waals surface area (Å²) < 4.78 is 9.79. The van der Waals surface area contributed by atoms with Crippen LogP contribution in [0.2, 0.25) is 0 Å². The van der Waals surface area contributed by atoms with Gasteiger partial charge in [-0.25, -0.2) is 4.79 Å². The number of nitriles is 1. The summed E-state index contributed by atoms with van der Waals surface area (Å²) in [6, 6.07) is 8.56. The van der Waals surface area contributed by atoms with E-state index in [2.05, 4.69) is 4.74 Å². The molecule has 0 aromatic heterocycles. The number of methoxy groups -OCH3 is 1. The Labute approximate surface area is 88.0 Å². The second kappa shape index (κ2) is 5.66. The number of hydrogen-bond donors (Lipinski definition) is 0. The van der Waals surface area contributed by atoms with E-state index in [9.17, 15) is 4.79 Å². The largest absolute Gasteiger partial charge is 0.493 e. The third kappa shape index (κ3) is 3.31. The SMILES string of the molecule is COC(=O)c1ccc(OCCC#N)cc1. The molecule has 1 aromatic carbocycles. The molecule has 4 heteroatoms. The van der Waals surface area contributed by atoms with Crippen LogP contribution in [0.1, 0.15) is 16.8 Å². The monoisotopic (exact) mass is 205 g/mol. The van der Waals surface area contributed by atoms with Crippen molar-refractivity contribution in [2.24, 2.45) is 0 Å². The summed E-state index contributed by atoms with van der Waals surface area (Å²) >= 11 is 0. The first-order valence-electron chi connectivity index (χ1n) is 4.46. The lowest BCUT2D eigenvalue weighted by Gasteiger charge is -2.04. The standard InChI is InChI=1S/C11H11NO3/c1-14-11(13)9-3-5-10(6-4-9)15-8-2-7-12/h3-6H,2,8H2,1H3. The van der Waals surface area contributed by atoms with E-state index in [1.165, 1.54) is 7.11 Å². The van der Waals surface area contributed by atoms with Gasteiger partial charge in [0.25, 0.3) is 0 Å². The smallest absolute Gasteiger partial charge is 0.337 e. The molecule has 0 spiro atoms. The Hall–Kier alpha value is -2.02. The van der Waals surface area contributed by atoms with E-state index in [0.29, 0.717) is 24.3 Å². The maximum atomic E-state index is 11.1. The van der Waals surface area contributed by atoms with Crippen LogP contribution < -0.4 is 4.74 Å². The molecule has 0 saturated carbocycles. The Bertz CT molecular complexity index is 364. The molecule has 0 unspecified atom stereocenters. The van der Waals surface area contributed by atoms with Crippen molar-refractivity contribution in [1.82, 2.24) is 0 Å². The first kappa shape index (κ1) is 11.1. The van der Waals surface area contributed by atoms with Crippen LogP contribution >= 0.6 is 0 Å². The molecule has 0 amide bonds. The molecule has 0 N–H and O–H groups in total. The fourth-order valence-corrected chi connectivity index (χ4v) is 1.02. The van der Waals surface area contributed by atoms with E-state index in [-0.39, 0.29) is 5.97 Å². The minimum atomic E-state index is -0.376. The first-order valence-corrected chi connectivity index (χ1v) is 4.46. The lowest BCUT2D eigenvalue weighted by molar-refractivity contribution is 0.0600. The van der Waals surface area contributed by atoms with Crippen molar-refractivity contribution in [1.29, 1.82) is 5.26 Å². The summed E-state index contributed by atoms with van der Waals surface area (Å²) in [4.78, 5) is 11.1. The molecule has 4 nitrogen and oxygen atoms in total. The number of benzene rings is 1. The third-order valence-electron chi connectivity index (χ3n) is 1.76. The molecule has 1 aromatic rings. The Kier molecular flexibility index (Phi) is 4.17. The normalized spacial score (nSPS) is 9.07. The van der Waals surface area contributed by atoms with E-state index >= 15 is 0 Å². The molecule has 78 valence electrons. The molecule has 0 bridgehead atoms. The highest BCUT2D eigenvalue weighted by molar-refractivity contribution is 5.89. The van der Waals surface area contributed by atoms with Gasteiger partial charge in [-0.1, -0.05) is 0 Å². The minimum absolute atomic E-state index is 0.346. The van der Waals surface area contributed by atoms with Crippen molar-refractivity contribution in [2.75, 3.05) is 13.7 Å². The van der Waals surface area contributed by atoms with Gasteiger partial charge < -0.3 is 9.47 Å². The number of rotatable bonds is 4. The van der Waals surface area contributed by atoms with E-state index in [0.717, 1.165) is 0 Å². The lowest BCUT2D eigenvalue weighted by Crippen LogP contribution is -2.01. The van der Waals surface area contributed by atoms with Crippen LogP contribution in [0.5, 0.6) is 5.75 Å². The van der Waals surface area contributed by atoms with Gasteiger partial charge in [-0.2, -0.15) is 5.26 Å². The summed E-state index contributed by atoms with van der Waals surface area (Å²) in [7, 11) is 1.33. The number of carbonyl (C=O) groups is 1. The van der Waals surface area contributed by atoms with Crippen molar-refractivity contribution in [3.63, 3.8) is 0 Å². The Morgan fingerprint density at radius 2 is 2.07 bits per heavy atom. The zero-order valence-corrected chi connectivity index (χ0v) is 8.40. The molecular formula is C11H11NO3. The summed E-state index contributed by atoms with van der Waals surface area (Å²) in [5.41, 5.74) is 0.477. The summed E-state index contributed by atoms with van der Waals surface area (Å²) in [6.45, 7) is 0.355. The fraction of sp³-hybridized carbons (Fsp3) is 0.273. The second-order valence-corrected chi connectivity index (χ2v) is 2.77. The Morgan fingerprint density at radius 1 is 1.40 bits per heavy atom. The average Bonchev–Trinajstić information content (AvgIpc) is 2.29. The predicted molar refractivity (Wildman–Crippen MR) is 53.5 cm³/mol. The second-order valence-electron chi connectivity index (χ2n) is 2.77. The van der Waals surface area contributed by atoms with Gasteiger partial charge >= 0.3 is 5.97 Å². The molecule has 0 heterocycles. The van der Waals surface area contributed by atoms with Crippen LogP contribution in [-0.4, -0.2) is 19.7 Å². The quantitative estimate of drug-likeness (QED) is 0.555. The van der Waals surface area contributed by atoms with Crippen LogP contribution in [0.25, 0.3) is 0 Å². The Balaban J connectivity index is 2.57. The summed E-state index contributed by atoms with van der Waals surface area (Å²) in [5.74, 6) is 0.261. The third-order valence-corrected chi connectivity index (χ3v) is 1.76. The molecule has 0 fully saturated rings. The highest BCUT2D eigenvalue weighted by atomic mass is 16.5. The van der Waals surface area contributed by atoms with Gasteiger partial charge in [0, 0.05) is 0 Å². The fourth-order valence-electron chi connectivity index (χ4n) is 1.02. The van der Waals surface area contributed by atoms with Gasteiger partial charge in [-0.3, -0.25) is 0 Å². The summed E-state index contributed by atoms with van der Waals surface area (Å²) in [6.07, 6.45) is 0.346. The van der Waals surface area contributed by atoms with Gasteiger partial charge in [-0.05, 0) is 24.3 Å². The number of esters is 1. The van der Waals surface area contributed by atoms with Crippen LogP contribution in [0, 0.1) is 11.3 Å². The molecule has 0 aliphatic heterocycles. The highest BCUT2D eigenvalue weighted by Crippen LogP contribution is 2.12. The van der Waals surface area contributed by atoms with Crippen LogP contribution in [-0.2, 0) is 4.74 Å². The van der Waals surface area contributed by atoms with Crippen molar-refractivity contribution < 1.29 is 14.3 Å². The summed E-state index contributed by atoms with van der Waals surface area (Å²) in [5, 5.41) is 8.30. The van der Waals surface area contributed by atoms with Crippen LogP contribution in [0.3, 0.4) is 0 Å². The predicted octanol–water partition coefficient (Wildman–Crippen LogP) is 1.77. The van der Waals surface area contributed by atoms with Crippen molar-refractivity contribution in [3.05, 3.63) is 29.8 Å². The van der Waals surface area contributed by atoms with Gasteiger partial charge in [0.2, 0.25) is 0 Å². The lowest BCUT2D eigenvalue weighted by atomic mass is 10.2. The molecular weight excluding hydrogens is 194 g/mol. The highest BCUT2D eigenvalue weighted by Gasteiger charge is 2.04. The molecule has 1 rings (SSSR count). The van der Waals surface area contributed by atoms with Crippen molar-refractivity contribution in [2.45, 2.75) is 6.42 Å². The maximum absolute atomic E-state index is 11.1. The maximum Gasteiger partial charge on any atom is 0.337 e. The number of hydrogen-bond acceptors (Lipinski definition) is 4. The molecule has 0 aliphatic carbocycles. The molecule has 0 radical (unpaired) electrons. The van der Waals surface area contributed by atoms with E-state index in [1.807, 2.05) is 6.07 Å². The van der Waals surface area contributed by atoms with E-state index in [4.69, 9.17) is 10.00 Å². The number of carbonyl (C=O) groups excluding carboxylic acids is 1. The van der Waals surface area contributed by atoms with E-state index in [1.54, 1.807) is 24.3 Å². The van der Waals surface area contributed by atoms with Gasteiger partial charge in [0.05, 0.1) is 25.2 Å². The zero-order chi connectivity index (χ0) is 11.1. The van der Waals surface area contributed by atoms with Gasteiger partial charge in [0.1, 0.15) is 12.4 Å². The van der Waals surface area contributed by atoms with Gasteiger partial charge in [0.15, 0.2) is 0 Å². The van der Waals surface area contributed by atoms with Crippen molar-refractivity contribution >= 4 is 5.97 Å². The number of ether oxygens (including phenoxy) is 2. The molecule has 15 heavy (non-hydrogen) atoms. The Morgan fingerprint density at radius 3 is 2.60 bits per heavy atom. The van der Waals surface area contributed by atoms with E-state index < -0.39 is 0 Å². The van der Waals surface area contributed by atoms with Gasteiger partial charge in [-0.15, -0.1) is 0 Å². The van der Waals surface area contributed by atoms with Crippen LogP contribution in [0.4, 0.5) is 0 Å². The molecule has 0 atom stereocenters. The topological polar surface area (TPSA) is 59.3 Å².